The summed E-state index contributed by atoms with van der Waals surface area (Å²) in [6.07, 6.45) is 0. The van der Waals surface area contributed by atoms with Crippen LogP contribution in [0.1, 0.15) is 0 Å². The minimum atomic E-state index is -2.77. The van der Waals surface area contributed by atoms with E-state index in [1.165, 1.54) is 0 Å². The standard InChI is InChI=1S/C35H90O12Si13/c1-52(2,3)36-28-29(37-53(4,5)6)31(39-55(10,11)12)35(43-59(22,23)24,44-60(25,26)27)34(42-58(19,20)21,30(28)38-54(7,8)9)32(40-56(13,14)15)33(41-57(16,17)18)49-46-51-47-50-45-48/h49-51H2,1-27,48H3. The minimum absolute atomic E-state index is 0.433. The van der Waals surface area contributed by atoms with Crippen LogP contribution in [0.3, 0.4) is 0 Å². The van der Waals surface area contributed by atoms with E-state index in [1.54, 1.807) is 0 Å². The van der Waals surface area contributed by atoms with Crippen molar-refractivity contribution in [1.29, 1.82) is 0 Å². The van der Waals surface area contributed by atoms with Crippen LogP contribution in [-0.4, -0.2) is 127 Å². The molecule has 60 heavy (non-hydrogen) atoms. The van der Waals surface area contributed by atoms with Gasteiger partial charge in [0.05, 0.1) is 0 Å². The van der Waals surface area contributed by atoms with Gasteiger partial charge in [-0.1, -0.05) is 0 Å². The van der Waals surface area contributed by atoms with Crippen LogP contribution < -0.4 is 0 Å². The third-order valence-corrected chi connectivity index (χ3v) is 19.1. The number of rotatable bonds is 25. The summed E-state index contributed by atoms with van der Waals surface area (Å²) in [5.74, 6) is 0.484. The van der Waals surface area contributed by atoms with Crippen LogP contribution >= 0.6 is 0 Å². The van der Waals surface area contributed by atoms with Crippen molar-refractivity contribution in [3.63, 3.8) is 0 Å². The first-order chi connectivity index (χ1) is 26.3. The van der Waals surface area contributed by atoms with Crippen LogP contribution in [0.25, 0.3) is 0 Å². The molecule has 0 spiro atoms. The first kappa shape index (κ1) is 58.6. The fraction of sp³-hybridized carbons (Fsp3) is 0.829. The van der Waals surface area contributed by atoms with Gasteiger partial charge >= 0.3 is 0 Å². The molecule has 0 radical (unpaired) electrons. The molecule has 1 rings (SSSR count). The molecule has 1 aliphatic carbocycles. The van der Waals surface area contributed by atoms with Gasteiger partial charge in [-0.15, -0.1) is 0 Å². The van der Waals surface area contributed by atoms with Crippen molar-refractivity contribution in [2.75, 3.05) is 0 Å². The molecule has 0 bridgehead atoms. The third-order valence-electron chi connectivity index (χ3n) is 6.70. The summed E-state index contributed by atoms with van der Waals surface area (Å²) in [6.45, 7) is 59.1. The van der Waals surface area contributed by atoms with Crippen LogP contribution in [-0.2, 0) is 52.2 Å². The van der Waals surface area contributed by atoms with E-state index in [9.17, 15) is 0 Å². The van der Waals surface area contributed by atoms with Crippen molar-refractivity contribution in [3.8, 4) is 0 Å². The highest BCUT2D eigenvalue weighted by atomic mass is 28.4. The lowest BCUT2D eigenvalue weighted by Crippen LogP contribution is -2.73. The molecule has 0 saturated heterocycles. The zero-order chi connectivity index (χ0) is 47.6. The summed E-state index contributed by atoms with van der Waals surface area (Å²) in [5, 5.41) is 0.646. The van der Waals surface area contributed by atoms with E-state index in [0.29, 0.717) is 44.7 Å². The molecule has 1 atom stereocenters. The van der Waals surface area contributed by atoms with Crippen molar-refractivity contribution in [1.82, 2.24) is 0 Å². The minimum Gasteiger partial charge on any atom is -0.547 e. The molecule has 0 heterocycles. The number of hydrogen-bond donors (Lipinski definition) is 0. The molecule has 25 heteroatoms. The average molecular weight is 1070 g/mol. The van der Waals surface area contributed by atoms with Crippen molar-refractivity contribution in [2.45, 2.75) is 188 Å². The Labute approximate surface area is 387 Å². The summed E-state index contributed by atoms with van der Waals surface area (Å²) in [5.41, 5.74) is -1.78. The van der Waals surface area contributed by atoms with E-state index in [2.05, 4.69) is 177 Å². The largest absolute Gasteiger partial charge is 0.547 e. The molecule has 0 aromatic heterocycles. The molecule has 0 aromatic carbocycles. The van der Waals surface area contributed by atoms with Crippen molar-refractivity contribution < 1.29 is 52.2 Å². The van der Waals surface area contributed by atoms with E-state index in [0.717, 1.165) is 0 Å². The van der Waals surface area contributed by atoms with Crippen molar-refractivity contribution in [2.24, 2.45) is 0 Å². The van der Waals surface area contributed by atoms with Gasteiger partial charge in [0, 0.05) is 0 Å². The van der Waals surface area contributed by atoms with Crippen molar-refractivity contribution >= 4 is 115 Å². The summed E-state index contributed by atoms with van der Waals surface area (Å²) in [6, 6.07) is 0. The molecule has 0 aromatic rings. The molecular weight excluding hydrogens is 977 g/mol. The Morgan fingerprint density at radius 2 is 0.767 bits per heavy atom. The third kappa shape index (κ3) is 20.0. The maximum atomic E-state index is 8.13. The summed E-state index contributed by atoms with van der Waals surface area (Å²) in [4.78, 5) is 0. The fourth-order valence-electron chi connectivity index (χ4n) is 5.91. The van der Waals surface area contributed by atoms with E-state index >= 15 is 0 Å². The monoisotopic (exact) mass is 1070 g/mol. The molecule has 0 aliphatic heterocycles. The average Bonchev–Trinajstić information content (AvgIpc) is 2.91. The van der Waals surface area contributed by atoms with Gasteiger partial charge in [0.1, 0.15) is 15.9 Å². The van der Waals surface area contributed by atoms with Gasteiger partial charge in [-0.05, 0) is 177 Å². The lowest BCUT2D eigenvalue weighted by molar-refractivity contribution is -0.227. The summed E-state index contributed by atoms with van der Waals surface area (Å²) in [7, 11) is -26.8. The lowest BCUT2D eigenvalue weighted by Gasteiger charge is -2.59. The molecule has 1 unspecified atom stereocenters. The van der Waals surface area contributed by atoms with Gasteiger partial charge in [-0.2, -0.15) is 0 Å². The SMILES string of the molecule is C[Si](C)(C)OC([SiH2]O[SiH2]O[SiH2]O[SiH3])=C(O[Si](C)(C)C)C1(O[Si](C)(C)C)C(O[Si](C)(C)C)=C(O[Si](C)(C)C)C(O[Si](C)(C)C)=C(O[Si](C)(C)C)C1(O[Si](C)(C)C)O[Si](C)(C)C. The molecule has 0 N–H and O–H groups in total. The fourth-order valence-corrected chi connectivity index (χ4v) is 21.7. The topological polar surface area (TPSA) is 111 Å². The second-order valence-corrected chi connectivity index (χ2v) is 71.2. The second-order valence-electron chi connectivity index (χ2n) is 24.4. The quantitative estimate of drug-likeness (QED) is 0.0382. The normalized spacial score (nSPS) is 20.2. The van der Waals surface area contributed by atoms with Crippen LogP contribution in [0.4, 0.5) is 0 Å². The van der Waals surface area contributed by atoms with Gasteiger partial charge in [0.2, 0.25) is 65.3 Å². The Morgan fingerprint density at radius 3 is 1.10 bits per heavy atom. The molecule has 354 valence electrons. The summed E-state index contributed by atoms with van der Waals surface area (Å²) < 4.78 is 87.4. The van der Waals surface area contributed by atoms with Crippen molar-refractivity contribution in [3.05, 3.63) is 34.2 Å². The molecule has 1 aliphatic rings. The van der Waals surface area contributed by atoms with Crippen LogP contribution in [0.15, 0.2) is 34.2 Å². The maximum absolute atomic E-state index is 8.13. The predicted molar refractivity (Wildman–Crippen MR) is 285 cm³/mol. The van der Waals surface area contributed by atoms with Gasteiger partial charge in [-0.3, -0.25) is 0 Å². The first-order valence-corrected chi connectivity index (χ1v) is 56.5. The van der Waals surface area contributed by atoms with Gasteiger partial charge in [0.25, 0.3) is 25.8 Å². The van der Waals surface area contributed by atoms with E-state index in [4.69, 9.17) is 52.2 Å². The number of hydrogen-bond acceptors (Lipinski definition) is 12. The maximum Gasteiger partial charge on any atom is 0.284 e. The Morgan fingerprint density at radius 1 is 0.400 bits per heavy atom. The first-order valence-electron chi connectivity index (χ1n) is 21.4. The van der Waals surface area contributed by atoms with Gasteiger partial charge in [-0.25, -0.2) is 0 Å². The van der Waals surface area contributed by atoms with Crippen LogP contribution in [0, 0.1) is 0 Å². The highest BCUT2D eigenvalue weighted by molar-refractivity contribution is 6.74. The van der Waals surface area contributed by atoms with E-state index in [-0.39, 0.29) is 0 Å². The highest BCUT2D eigenvalue weighted by Gasteiger charge is 2.74. The Bertz CT molecular complexity index is 1510. The predicted octanol–water partition coefficient (Wildman–Crippen LogP) is 8.10. The molecule has 12 nitrogen and oxygen atoms in total. The second kappa shape index (κ2) is 20.6. The van der Waals surface area contributed by atoms with Crippen LogP contribution in [0.5, 0.6) is 0 Å². The zero-order valence-corrected chi connectivity index (χ0v) is 58.8. The van der Waals surface area contributed by atoms with Crippen LogP contribution in [0.2, 0.25) is 177 Å². The zero-order valence-electron chi connectivity index (χ0n) is 43.5. The molecule has 0 amide bonds. The molecule has 0 saturated carbocycles. The lowest BCUT2D eigenvalue weighted by atomic mass is 9.82. The Kier molecular flexibility index (Phi) is 20.2. The smallest absolute Gasteiger partial charge is 0.284 e. The summed E-state index contributed by atoms with van der Waals surface area (Å²) >= 11 is 0. The van der Waals surface area contributed by atoms with E-state index in [1.807, 2.05) is 0 Å². The van der Waals surface area contributed by atoms with E-state index < -0.39 is 116 Å². The van der Waals surface area contributed by atoms with Gasteiger partial charge < -0.3 is 52.2 Å². The van der Waals surface area contributed by atoms with Gasteiger partial charge in [0.15, 0.2) is 53.7 Å². The molecular formula is C35H90O12Si13. The Balaban J connectivity index is 5.64. The highest BCUT2D eigenvalue weighted by Crippen LogP contribution is 2.59. The Hall–Kier alpha value is 0.599. The molecule has 0 fully saturated rings.